The van der Waals surface area contributed by atoms with Crippen molar-refractivity contribution in [1.82, 2.24) is 20.1 Å². The summed E-state index contributed by atoms with van der Waals surface area (Å²) in [5.74, 6) is 0.198. The molecule has 1 aromatic heterocycles. The van der Waals surface area contributed by atoms with Crippen LogP contribution >= 0.6 is 11.8 Å². The lowest BCUT2D eigenvalue weighted by Gasteiger charge is -2.26. The summed E-state index contributed by atoms with van der Waals surface area (Å²) >= 11 is 1.22. The zero-order valence-electron chi connectivity index (χ0n) is 17.7. The maximum Gasteiger partial charge on any atom is 0.233 e. The number of nitrogens with zero attached hydrogens (tertiary/aromatic N) is 4. The highest BCUT2D eigenvalue weighted by Crippen LogP contribution is 2.30. The lowest BCUT2D eigenvalue weighted by molar-refractivity contribution is -0.129. The second-order valence-electron chi connectivity index (χ2n) is 7.55. The van der Waals surface area contributed by atoms with Gasteiger partial charge in [-0.15, -0.1) is 10.2 Å². The molecule has 7 nitrogen and oxygen atoms in total. The Kier molecular flexibility index (Phi) is 6.86. The van der Waals surface area contributed by atoms with Gasteiger partial charge in [0.2, 0.25) is 11.1 Å². The van der Waals surface area contributed by atoms with E-state index in [1.165, 1.54) is 11.8 Å². The van der Waals surface area contributed by atoms with Crippen molar-refractivity contribution in [2.24, 2.45) is 0 Å². The van der Waals surface area contributed by atoms with Crippen molar-refractivity contribution in [2.75, 3.05) is 23.8 Å². The Labute approximate surface area is 192 Å². The number of amides is 1. The molecule has 0 N–H and O–H groups in total. The Balaban J connectivity index is 1.55. The monoisotopic (exact) mass is 468 g/mol. The van der Waals surface area contributed by atoms with Crippen LogP contribution in [0.1, 0.15) is 13.3 Å². The second-order valence-corrected chi connectivity index (χ2v) is 10.7. The molecule has 1 atom stereocenters. The molecule has 0 saturated carbocycles. The van der Waals surface area contributed by atoms with Crippen LogP contribution in [0.15, 0.2) is 65.8 Å². The molecule has 1 amide bonds. The Hall–Kier alpha value is -2.78. The number of benzene rings is 2. The molecule has 2 heterocycles. The third-order valence-corrected chi connectivity index (χ3v) is 7.97. The first-order chi connectivity index (χ1) is 15.5. The summed E-state index contributed by atoms with van der Waals surface area (Å²) in [6, 6.07) is 19.3. The van der Waals surface area contributed by atoms with E-state index in [1.54, 1.807) is 4.90 Å². The van der Waals surface area contributed by atoms with Gasteiger partial charge in [-0.3, -0.25) is 4.79 Å². The highest BCUT2D eigenvalue weighted by molar-refractivity contribution is 7.99. The predicted octanol–water partition coefficient (Wildman–Crippen LogP) is 3.33. The Morgan fingerprint density at radius 2 is 1.62 bits per heavy atom. The number of hydrogen-bond acceptors (Lipinski definition) is 7. The molecular weight excluding hydrogens is 444 g/mol. The van der Waals surface area contributed by atoms with E-state index in [-0.39, 0.29) is 29.2 Å². The molecular formula is C23H24N4O3S2. The summed E-state index contributed by atoms with van der Waals surface area (Å²) in [4.78, 5) is 19.2. The SMILES string of the molecule is CCN(C(=O)CSc1nnc(-c2ccccc2)c(-c2ccccc2)n1)[C@@H]1CCS(=O)(=O)C1. The van der Waals surface area contributed by atoms with Crippen molar-refractivity contribution < 1.29 is 13.2 Å². The number of hydrogen-bond donors (Lipinski definition) is 0. The molecule has 0 aliphatic carbocycles. The highest BCUT2D eigenvalue weighted by atomic mass is 32.2. The number of thioether (sulfide) groups is 1. The molecule has 4 rings (SSSR count). The van der Waals surface area contributed by atoms with Gasteiger partial charge in [-0.05, 0) is 13.3 Å². The normalized spacial score (nSPS) is 17.2. The van der Waals surface area contributed by atoms with Crippen molar-refractivity contribution in [3.63, 3.8) is 0 Å². The van der Waals surface area contributed by atoms with Crippen LogP contribution in [0.2, 0.25) is 0 Å². The van der Waals surface area contributed by atoms with E-state index >= 15 is 0 Å². The molecule has 1 aliphatic rings. The molecule has 3 aromatic rings. The summed E-state index contributed by atoms with van der Waals surface area (Å²) < 4.78 is 23.6. The smallest absolute Gasteiger partial charge is 0.233 e. The van der Waals surface area contributed by atoms with Crippen LogP contribution in [0.4, 0.5) is 0 Å². The highest BCUT2D eigenvalue weighted by Gasteiger charge is 2.33. The maximum atomic E-state index is 12.8. The van der Waals surface area contributed by atoms with Gasteiger partial charge < -0.3 is 4.90 Å². The fourth-order valence-electron chi connectivity index (χ4n) is 3.83. The van der Waals surface area contributed by atoms with Gasteiger partial charge in [-0.25, -0.2) is 13.4 Å². The van der Waals surface area contributed by atoms with Crippen LogP contribution < -0.4 is 0 Å². The molecule has 166 valence electrons. The van der Waals surface area contributed by atoms with Gasteiger partial charge in [0.15, 0.2) is 9.84 Å². The van der Waals surface area contributed by atoms with Crippen molar-refractivity contribution in [3.8, 4) is 22.5 Å². The average Bonchev–Trinajstić information content (AvgIpc) is 3.18. The van der Waals surface area contributed by atoms with Crippen molar-refractivity contribution >= 4 is 27.5 Å². The summed E-state index contributed by atoms with van der Waals surface area (Å²) in [6.07, 6.45) is 0.495. The van der Waals surface area contributed by atoms with E-state index < -0.39 is 9.84 Å². The van der Waals surface area contributed by atoms with Gasteiger partial charge in [0.05, 0.1) is 17.3 Å². The van der Waals surface area contributed by atoms with Gasteiger partial charge >= 0.3 is 0 Å². The molecule has 0 bridgehead atoms. The van der Waals surface area contributed by atoms with E-state index in [0.29, 0.717) is 29.5 Å². The number of aromatic nitrogens is 3. The van der Waals surface area contributed by atoms with Gasteiger partial charge in [-0.1, -0.05) is 72.4 Å². The van der Waals surface area contributed by atoms with Gasteiger partial charge in [-0.2, -0.15) is 0 Å². The largest absolute Gasteiger partial charge is 0.338 e. The third kappa shape index (κ3) is 5.16. The third-order valence-electron chi connectivity index (χ3n) is 5.40. The average molecular weight is 469 g/mol. The number of carbonyl (C=O) groups excluding carboxylic acids is 1. The van der Waals surface area contributed by atoms with Crippen LogP contribution in [0.25, 0.3) is 22.5 Å². The first-order valence-corrected chi connectivity index (χ1v) is 13.3. The molecule has 1 fully saturated rings. The molecule has 1 aliphatic heterocycles. The predicted molar refractivity (Wildman–Crippen MR) is 126 cm³/mol. The molecule has 1 saturated heterocycles. The summed E-state index contributed by atoms with van der Waals surface area (Å²) in [5.41, 5.74) is 3.22. The van der Waals surface area contributed by atoms with E-state index in [0.717, 1.165) is 11.1 Å². The minimum atomic E-state index is -3.05. The molecule has 0 unspecified atom stereocenters. The Morgan fingerprint density at radius 3 is 2.19 bits per heavy atom. The van der Waals surface area contributed by atoms with Gasteiger partial charge in [0, 0.05) is 23.7 Å². The first kappa shape index (κ1) is 22.4. The maximum absolute atomic E-state index is 12.8. The van der Waals surface area contributed by atoms with Crippen molar-refractivity contribution in [3.05, 3.63) is 60.7 Å². The van der Waals surface area contributed by atoms with Crippen molar-refractivity contribution in [2.45, 2.75) is 24.5 Å². The Morgan fingerprint density at radius 1 is 1.00 bits per heavy atom. The van der Waals surface area contributed by atoms with E-state index in [2.05, 4.69) is 10.2 Å². The molecule has 0 radical (unpaired) electrons. The van der Waals surface area contributed by atoms with E-state index in [4.69, 9.17) is 4.98 Å². The standard InChI is InChI=1S/C23H24N4O3S2/c1-2-27(19-13-14-32(29,30)16-19)20(28)15-31-23-24-21(17-9-5-3-6-10-17)22(25-26-23)18-11-7-4-8-12-18/h3-12,19H,2,13-16H2,1H3/t19-/m1/s1. The minimum absolute atomic E-state index is 0.0409. The zero-order valence-corrected chi connectivity index (χ0v) is 19.3. The van der Waals surface area contributed by atoms with Crippen LogP contribution in [0, 0.1) is 0 Å². The fraction of sp³-hybridized carbons (Fsp3) is 0.304. The molecule has 32 heavy (non-hydrogen) atoms. The van der Waals surface area contributed by atoms with Crippen LogP contribution in [-0.4, -0.2) is 64.3 Å². The summed E-state index contributed by atoms with van der Waals surface area (Å²) in [7, 11) is -3.05. The number of rotatable bonds is 7. The number of sulfone groups is 1. The van der Waals surface area contributed by atoms with E-state index in [9.17, 15) is 13.2 Å². The van der Waals surface area contributed by atoms with Crippen LogP contribution in [0.5, 0.6) is 0 Å². The lowest BCUT2D eigenvalue weighted by atomic mass is 10.0. The minimum Gasteiger partial charge on any atom is -0.338 e. The quantitative estimate of drug-likeness (QED) is 0.491. The zero-order chi connectivity index (χ0) is 22.6. The topological polar surface area (TPSA) is 93.1 Å². The molecule has 0 spiro atoms. The number of carbonyl (C=O) groups is 1. The first-order valence-electron chi connectivity index (χ1n) is 10.4. The molecule has 2 aromatic carbocycles. The lowest BCUT2D eigenvalue weighted by Crippen LogP contribution is -2.42. The second kappa shape index (κ2) is 9.79. The van der Waals surface area contributed by atoms with E-state index in [1.807, 2.05) is 67.6 Å². The van der Waals surface area contributed by atoms with Crippen molar-refractivity contribution in [1.29, 1.82) is 0 Å². The van der Waals surface area contributed by atoms with Crippen LogP contribution in [-0.2, 0) is 14.6 Å². The summed E-state index contributed by atoms with van der Waals surface area (Å²) in [6.45, 7) is 2.34. The fourth-order valence-corrected chi connectivity index (χ4v) is 6.23. The molecule has 9 heteroatoms. The van der Waals surface area contributed by atoms with Crippen LogP contribution in [0.3, 0.4) is 0 Å². The van der Waals surface area contributed by atoms with Gasteiger partial charge in [0.25, 0.3) is 0 Å². The Bertz CT molecular complexity index is 1190. The summed E-state index contributed by atoms with van der Waals surface area (Å²) in [5, 5.41) is 9.09. The van der Waals surface area contributed by atoms with Gasteiger partial charge in [0.1, 0.15) is 11.4 Å².